The van der Waals surface area contributed by atoms with Crippen molar-refractivity contribution in [1.29, 1.82) is 0 Å². The summed E-state index contributed by atoms with van der Waals surface area (Å²) in [5, 5.41) is 23.2. The molecule has 6 nitrogen and oxygen atoms in total. The average molecular weight is 1050 g/mol. The Labute approximate surface area is 467 Å². The van der Waals surface area contributed by atoms with E-state index in [0.717, 1.165) is 83.5 Å². The van der Waals surface area contributed by atoms with Crippen molar-refractivity contribution in [2.45, 2.75) is 353 Å². The summed E-state index contributed by atoms with van der Waals surface area (Å²) in [6.07, 6.45) is 84.1. The minimum absolute atomic E-state index is 0.0265. The molecule has 2 atom stereocenters. The van der Waals surface area contributed by atoms with Crippen molar-refractivity contribution >= 4 is 11.9 Å². The first kappa shape index (κ1) is 72.6. The van der Waals surface area contributed by atoms with E-state index in [9.17, 15) is 19.8 Å². The molecule has 0 aliphatic rings. The summed E-state index contributed by atoms with van der Waals surface area (Å²) in [4.78, 5) is 24.6. The lowest BCUT2D eigenvalue weighted by atomic mass is 10.0. The Morgan fingerprint density at radius 1 is 0.387 bits per heavy atom. The first-order valence-electron chi connectivity index (χ1n) is 33.1. The van der Waals surface area contributed by atoms with Crippen LogP contribution in [0.5, 0.6) is 0 Å². The third kappa shape index (κ3) is 60.6. The number of aliphatic hydroxyl groups excluding tert-OH is 2. The van der Waals surface area contributed by atoms with Gasteiger partial charge in [-0.05, 0) is 96.3 Å². The molecule has 0 radical (unpaired) electrons. The van der Waals surface area contributed by atoms with Crippen LogP contribution >= 0.6 is 0 Å². The van der Waals surface area contributed by atoms with Crippen LogP contribution < -0.4 is 5.32 Å². The number of allylic oxidation sites excluding steroid dienone is 9. The number of carbonyl (C=O) groups is 2. The van der Waals surface area contributed by atoms with Gasteiger partial charge in [0.15, 0.2) is 0 Å². The molecule has 0 aromatic carbocycles. The van der Waals surface area contributed by atoms with E-state index in [-0.39, 0.29) is 18.5 Å². The molecule has 6 heteroatoms. The van der Waals surface area contributed by atoms with E-state index < -0.39 is 12.1 Å². The lowest BCUT2D eigenvalue weighted by Crippen LogP contribution is -2.45. The van der Waals surface area contributed by atoms with Crippen LogP contribution in [0.3, 0.4) is 0 Å². The third-order valence-electron chi connectivity index (χ3n) is 15.0. The van der Waals surface area contributed by atoms with Gasteiger partial charge < -0.3 is 20.3 Å². The first-order chi connectivity index (χ1) is 37.0. The summed E-state index contributed by atoms with van der Waals surface area (Å²) >= 11 is 0. The second-order valence-electron chi connectivity index (χ2n) is 22.5. The van der Waals surface area contributed by atoms with Gasteiger partial charge in [0.1, 0.15) is 0 Å². The Morgan fingerprint density at radius 2 is 0.707 bits per heavy atom. The van der Waals surface area contributed by atoms with Crippen LogP contribution in [0.2, 0.25) is 0 Å². The summed E-state index contributed by atoms with van der Waals surface area (Å²) in [6.45, 7) is 4.84. The summed E-state index contributed by atoms with van der Waals surface area (Å²) in [6, 6.07) is -0.648. The van der Waals surface area contributed by atoms with Crippen LogP contribution in [0.1, 0.15) is 341 Å². The molecule has 1 amide bonds. The van der Waals surface area contributed by atoms with Crippen molar-refractivity contribution < 1.29 is 24.5 Å². The van der Waals surface area contributed by atoms with Gasteiger partial charge in [-0.15, -0.1) is 0 Å². The zero-order valence-electron chi connectivity index (χ0n) is 50.0. The third-order valence-corrected chi connectivity index (χ3v) is 15.0. The fourth-order valence-electron chi connectivity index (χ4n) is 9.95. The minimum Gasteiger partial charge on any atom is -0.466 e. The number of ether oxygens (including phenoxy) is 1. The molecule has 0 aromatic heterocycles. The molecule has 75 heavy (non-hydrogen) atoms. The van der Waals surface area contributed by atoms with E-state index >= 15 is 0 Å². The number of unbranched alkanes of at least 4 members (excludes halogenated alkanes) is 43. The molecule has 0 aromatic rings. The number of hydrogen-bond donors (Lipinski definition) is 3. The maximum absolute atomic E-state index is 12.5. The normalized spacial score (nSPS) is 13.0. The summed E-state index contributed by atoms with van der Waals surface area (Å²) in [5.41, 5.74) is 0. The van der Waals surface area contributed by atoms with E-state index in [1.165, 1.54) is 231 Å². The smallest absolute Gasteiger partial charge is 0.305 e. The van der Waals surface area contributed by atoms with Crippen molar-refractivity contribution in [1.82, 2.24) is 5.32 Å². The van der Waals surface area contributed by atoms with E-state index in [0.29, 0.717) is 19.4 Å². The van der Waals surface area contributed by atoms with E-state index in [1.54, 1.807) is 6.08 Å². The molecule has 0 fully saturated rings. The Bertz CT molecular complexity index is 1300. The molecule has 0 aliphatic heterocycles. The molecule has 0 rings (SSSR count). The van der Waals surface area contributed by atoms with Gasteiger partial charge in [0, 0.05) is 12.8 Å². The van der Waals surface area contributed by atoms with Crippen LogP contribution in [-0.2, 0) is 14.3 Å². The number of esters is 1. The van der Waals surface area contributed by atoms with Crippen LogP contribution in [0.25, 0.3) is 0 Å². The van der Waals surface area contributed by atoms with Gasteiger partial charge in [0.05, 0.1) is 25.4 Å². The molecule has 3 N–H and O–H groups in total. The highest BCUT2D eigenvalue weighted by Crippen LogP contribution is 2.17. The Balaban J connectivity index is 3.53. The van der Waals surface area contributed by atoms with Gasteiger partial charge in [0.25, 0.3) is 0 Å². The van der Waals surface area contributed by atoms with Crippen molar-refractivity contribution in [2.24, 2.45) is 0 Å². The fraction of sp³-hybridized carbons (Fsp3) is 0.826. The van der Waals surface area contributed by atoms with Crippen LogP contribution in [0.4, 0.5) is 0 Å². The Morgan fingerprint density at radius 3 is 1.12 bits per heavy atom. The van der Waals surface area contributed by atoms with Gasteiger partial charge >= 0.3 is 5.97 Å². The fourth-order valence-corrected chi connectivity index (χ4v) is 9.95. The second kappa shape index (κ2) is 64.1. The minimum atomic E-state index is -0.862. The SMILES string of the molecule is CCCCC/C=C\C/C=C\CCCCCCCCCCCC(=O)OCCCCC/C=C\C=C/CCCCCCCCC(=O)NC(CO)C(O)/C=C/CCCCCCCCCCCCCCCCCCCCCCCC. The summed E-state index contributed by atoms with van der Waals surface area (Å²) in [5.74, 6) is -0.115. The predicted octanol–water partition coefficient (Wildman–Crippen LogP) is 21.1. The molecule has 0 saturated heterocycles. The van der Waals surface area contributed by atoms with Gasteiger partial charge in [-0.25, -0.2) is 0 Å². The van der Waals surface area contributed by atoms with E-state index in [4.69, 9.17) is 4.74 Å². The quantitative estimate of drug-likeness (QED) is 0.0244. The molecule has 0 aliphatic carbocycles. The van der Waals surface area contributed by atoms with Crippen molar-refractivity contribution in [2.75, 3.05) is 13.2 Å². The molecule has 0 saturated carbocycles. The number of hydrogen-bond acceptors (Lipinski definition) is 5. The number of nitrogens with one attached hydrogen (secondary N) is 1. The Hall–Kier alpha value is -2.44. The molecule has 2 unspecified atom stereocenters. The van der Waals surface area contributed by atoms with Crippen molar-refractivity contribution in [3.05, 3.63) is 60.8 Å². The van der Waals surface area contributed by atoms with Gasteiger partial charge in [-0.1, -0.05) is 293 Å². The Kier molecular flexibility index (Phi) is 62.0. The highest BCUT2D eigenvalue weighted by atomic mass is 16.5. The van der Waals surface area contributed by atoms with Crippen LogP contribution in [0.15, 0.2) is 60.8 Å². The molecule has 0 heterocycles. The van der Waals surface area contributed by atoms with E-state index in [1.807, 2.05) is 6.08 Å². The van der Waals surface area contributed by atoms with Crippen LogP contribution in [0, 0.1) is 0 Å². The molecular formula is C69H127NO5. The maximum atomic E-state index is 12.5. The number of carbonyl (C=O) groups excluding carboxylic acids is 2. The van der Waals surface area contributed by atoms with Gasteiger partial charge in [-0.3, -0.25) is 9.59 Å². The largest absolute Gasteiger partial charge is 0.466 e. The average Bonchev–Trinajstić information content (AvgIpc) is 3.41. The van der Waals surface area contributed by atoms with Crippen molar-refractivity contribution in [3.8, 4) is 0 Å². The first-order valence-corrected chi connectivity index (χ1v) is 33.1. The number of aliphatic hydroxyl groups is 2. The van der Waals surface area contributed by atoms with Gasteiger partial charge in [-0.2, -0.15) is 0 Å². The lowest BCUT2D eigenvalue weighted by molar-refractivity contribution is -0.143. The second-order valence-corrected chi connectivity index (χ2v) is 22.5. The topological polar surface area (TPSA) is 95.9 Å². The monoisotopic (exact) mass is 1050 g/mol. The van der Waals surface area contributed by atoms with E-state index in [2.05, 4.69) is 67.8 Å². The zero-order valence-corrected chi connectivity index (χ0v) is 50.0. The molecule has 0 spiro atoms. The predicted molar refractivity (Wildman–Crippen MR) is 328 cm³/mol. The highest BCUT2D eigenvalue weighted by molar-refractivity contribution is 5.76. The van der Waals surface area contributed by atoms with Gasteiger partial charge in [0.2, 0.25) is 5.91 Å². The zero-order chi connectivity index (χ0) is 54.3. The number of rotatable bonds is 61. The standard InChI is InChI=1S/C69H127NO5/c1-3-5-7-9-11-13-15-17-19-21-23-24-25-26-27-29-30-33-37-41-45-49-53-57-61-67(72)66(65-71)70-68(73)62-58-54-50-46-42-38-34-32-36-40-44-48-52-56-60-64-75-69(74)63-59-55-51-47-43-39-35-31-28-22-20-18-16-14-12-10-8-6-4-2/h12,14,18,20,32,36,40,44,57,61,66-67,71-72H,3-11,13,15-17,19,21-31,33-35,37-39,41-43,45-56,58-60,62-65H2,1-2H3,(H,70,73)/b14-12-,20-18-,36-32-,44-40-,61-57+. The van der Waals surface area contributed by atoms with Crippen LogP contribution in [-0.4, -0.2) is 47.4 Å². The highest BCUT2D eigenvalue weighted by Gasteiger charge is 2.18. The summed E-state index contributed by atoms with van der Waals surface area (Å²) < 4.78 is 5.47. The maximum Gasteiger partial charge on any atom is 0.305 e. The molecule has 0 bridgehead atoms. The molecular weight excluding hydrogens is 923 g/mol. The lowest BCUT2D eigenvalue weighted by Gasteiger charge is -2.20. The summed E-state index contributed by atoms with van der Waals surface area (Å²) in [7, 11) is 0. The number of amides is 1. The molecule has 438 valence electrons. The van der Waals surface area contributed by atoms with Crippen molar-refractivity contribution in [3.63, 3.8) is 0 Å².